The van der Waals surface area contributed by atoms with E-state index < -0.39 is 0 Å². The van der Waals surface area contributed by atoms with Gasteiger partial charge in [-0.15, -0.1) is 0 Å². The molecule has 2 rings (SSSR count). The number of aryl methyl sites for hydroxylation is 1. The molecule has 5 nitrogen and oxygen atoms in total. The Balaban J connectivity index is 2.48. The van der Waals surface area contributed by atoms with Crippen LogP contribution in [0.1, 0.15) is 24.2 Å². The zero-order valence-electron chi connectivity index (χ0n) is 12.7. The van der Waals surface area contributed by atoms with Crippen LogP contribution in [0.3, 0.4) is 0 Å². The van der Waals surface area contributed by atoms with Gasteiger partial charge in [0.2, 0.25) is 0 Å². The zero-order chi connectivity index (χ0) is 15.4. The first-order chi connectivity index (χ1) is 10.1. The molecule has 0 bridgehead atoms. The van der Waals surface area contributed by atoms with Gasteiger partial charge in [0.1, 0.15) is 11.4 Å². The Kier molecular flexibility index (Phi) is 5.25. The highest BCUT2D eigenvalue weighted by atomic mass is 79.9. The Morgan fingerprint density at radius 2 is 2.00 bits per heavy atom. The summed E-state index contributed by atoms with van der Waals surface area (Å²) in [6, 6.07) is 6.05. The highest BCUT2D eigenvalue weighted by molar-refractivity contribution is 9.10. The molecule has 0 fully saturated rings. The number of aromatic nitrogens is 2. The van der Waals surface area contributed by atoms with Gasteiger partial charge in [-0.1, -0.05) is 13.0 Å². The van der Waals surface area contributed by atoms with E-state index in [4.69, 9.17) is 9.47 Å². The Labute approximate surface area is 133 Å². The molecule has 1 atom stereocenters. The second-order valence-corrected chi connectivity index (χ2v) is 5.46. The monoisotopic (exact) mass is 353 g/mol. The Hall–Kier alpha value is -1.53. The Morgan fingerprint density at radius 1 is 1.29 bits per heavy atom. The summed E-state index contributed by atoms with van der Waals surface area (Å²) in [5, 5.41) is 7.77. The van der Waals surface area contributed by atoms with Crippen molar-refractivity contribution in [2.24, 2.45) is 7.05 Å². The fourth-order valence-electron chi connectivity index (χ4n) is 2.35. The van der Waals surface area contributed by atoms with Crippen LogP contribution in [-0.2, 0) is 7.05 Å². The molecule has 1 heterocycles. The molecule has 0 aliphatic heterocycles. The van der Waals surface area contributed by atoms with Crippen molar-refractivity contribution in [3.63, 3.8) is 0 Å². The third-order valence-corrected chi connectivity index (χ3v) is 3.98. The molecule has 1 N–H and O–H groups in total. The van der Waals surface area contributed by atoms with Crippen LogP contribution in [0.25, 0.3) is 0 Å². The van der Waals surface area contributed by atoms with Gasteiger partial charge in [-0.05, 0) is 40.2 Å². The predicted octanol–water partition coefficient (Wildman–Crippen LogP) is 2.90. The lowest BCUT2D eigenvalue weighted by Crippen LogP contribution is -2.24. The van der Waals surface area contributed by atoms with E-state index in [9.17, 15) is 0 Å². The largest absolute Gasteiger partial charge is 0.496 e. The van der Waals surface area contributed by atoms with Crippen LogP contribution in [0.4, 0.5) is 0 Å². The number of ether oxygens (including phenoxy) is 2. The van der Waals surface area contributed by atoms with Crippen molar-refractivity contribution < 1.29 is 9.47 Å². The molecule has 6 heteroatoms. The van der Waals surface area contributed by atoms with Crippen LogP contribution in [0.15, 0.2) is 28.9 Å². The van der Waals surface area contributed by atoms with Crippen molar-refractivity contribution in [1.29, 1.82) is 0 Å². The van der Waals surface area contributed by atoms with Crippen molar-refractivity contribution in [3.05, 3.63) is 40.1 Å². The first-order valence-electron chi connectivity index (χ1n) is 6.75. The Morgan fingerprint density at radius 3 is 2.57 bits per heavy atom. The lowest BCUT2D eigenvalue weighted by Gasteiger charge is -2.20. The minimum absolute atomic E-state index is 0.000318. The van der Waals surface area contributed by atoms with E-state index in [1.165, 1.54) is 0 Å². The lowest BCUT2D eigenvalue weighted by atomic mass is 10.0. The second-order valence-electron chi connectivity index (χ2n) is 4.61. The molecule has 1 aromatic heterocycles. The Bertz CT molecular complexity index is 613. The van der Waals surface area contributed by atoms with Gasteiger partial charge in [0.25, 0.3) is 0 Å². The number of hydrogen-bond donors (Lipinski definition) is 1. The van der Waals surface area contributed by atoms with Gasteiger partial charge < -0.3 is 14.8 Å². The minimum atomic E-state index is -0.000318. The van der Waals surface area contributed by atoms with Crippen LogP contribution in [-0.4, -0.2) is 30.5 Å². The number of nitrogens with zero attached hydrogens (tertiary/aromatic N) is 2. The van der Waals surface area contributed by atoms with E-state index in [0.29, 0.717) is 0 Å². The summed E-state index contributed by atoms with van der Waals surface area (Å²) >= 11 is 3.54. The van der Waals surface area contributed by atoms with Crippen LogP contribution in [0.5, 0.6) is 11.5 Å². The van der Waals surface area contributed by atoms with Crippen LogP contribution >= 0.6 is 15.9 Å². The maximum Gasteiger partial charge on any atom is 0.161 e. The molecule has 0 aliphatic rings. The van der Waals surface area contributed by atoms with Gasteiger partial charge in [0.05, 0.1) is 30.9 Å². The normalized spacial score (nSPS) is 12.2. The summed E-state index contributed by atoms with van der Waals surface area (Å²) in [5.74, 6) is 1.58. The number of rotatable bonds is 6. The van der Waals surface area contributed by atoms with Gasteiger partial charge in [-0.2, -0.15) is 5.10 Å². The van der Waals surface area contributed by atoms with Crippen LogP contribution in [0, 0.1) is 0 Å². The standard InChI is InChI=1S/C15H20BrN3O2/c1-5-17-14(15-13(21-4)9-18-19(15)2)10-6-7-12(20-3)11(16)8-10/h6-9,14,17H,5H2,1-4H3. The zero-order valence-corrected chi connectivity index (χ0v) is 14.3. The van der Waals surface area contributed by atoms with E-state index in [0.717, 1.165) is 33.8 Å². The fourth-order valence-corrected chi connectivity index (χ4v) is 2.91. The minimum Gasteiger partial charge on any atom is -0.496 e. The summed E-state index contributed by atoms with van der Waals surface area (Å²) in [6.07, 6.45) is 1.73. The third kappa shape index (κ3) is 3.22. The first-order valence-corrected chi connectivity index (χ1v) is 7.54. The molecule has 0 saturated carbocycles. The smallest absolute Gasteiger partial charge is 0.161 e. The molecular weight excluding hydrogens is 334 g/mol. The van der Waals surface area contributed by atoms with E-state index in [-0.39, 0.29) is 6.04 Å². The van der Waals surface area contributed by atoms with Crippen molar-refractivity contribution in [3.8, 4) is 11.5 Å². The topological polar surface area (TPSA) is 48.3 Å². The molecule has 0 saturated heterocycles. The highest BCUT2D eigenvalue weighted by Gasteiger charge is 2.22. The van der Waals surface area contributed by atoms with Gasteiger partial charge in [0.15, 0.2) is 5.75 Å². The molecule has 0 aliphatic carbocycles. The number of methoxy groups -OCH3 is 2. The van der Waals surface area contributed by atoms with Gasteiger partial charge in [-0.3, -0.25) is 4.68 Å². The molecule has 2 aromatic rings. The summed E-state index contributed by atoms with van der Waals surface area (Å²) in [7, 11) is 5.24. The van der Waals surface area contributed by atoms with Crippen LogP contribution in [0.2, 0.25) is 0 Å². The fraction of sp³-hybridized carbons (Fsp3) is 0.400. The lowest BCUT2D eigenvalue weighted by molar-refractivity contribution is 0.400. The SMILES string of the molecule is CCNC(c1ccc(OC)c(Br)c1)c1c(OC)cnn1C. The molecule has 1 aromatic carbocycles. The van der Waals surface area contributed by atoms with Crippen molar-refractivity contribution >= 4 is 15.9 Å². The maximum absolute atomic E-state index is 5.43. The van der Waals surface area contributed by atoms with Crippen molar-refractivity contribution in [2.75, 3.05) is 20.8 Å². The number of nitrogens with one attached hydrogen (secondary N) is 1. The number of hydrogen-bond acceptors (Lipinski definition) is 4. The summed E-state index contributed by atoms with van der Waals surface area (Å²) in [6.45, 7) is 2.91. The molecule has 0 radical (unpaired) electrons. The first kappa shape index (κ1) is 15.9. The number of benzene rings is 1. The van der Waals surface area contributed by atoms with Gasteiger partial charge in [0, 0.05) is 7.05 Å². The van der Waals surface area contributed by atoms with Gasteiger partial charge >= 0.3 is 0 Å². The van der Waals surface area contributed by atoms with Crippen LogP contribution < -0.4 is 14.8 Å². The van der Waals surface area contributed by atoms with E-state index in [1.54, 1.807) is 20.4 Å². The predicted molar refractivity (Wildman–Crippen MR) is 86.0 cm³/mol. The molecule has 0 amide bonds. The van der Waals surface area contributed by atoms with E-state index in [2.05, 4.69) is 39.3 Å². The second kappa shape index (κ2) is 6.95. The quantitative estimate of drug-likeness (QED) is 0.867. The average molecular weight is 354 g/mol. The summed E-state index contributed by atoms with van der Waals surface area (Å²) < 4.78 is 13.5. The summed E-state index contributed by atoms with van der Waals surface area (Å²) in [4.78, 5) is 0. The molecule has 114 valence electrons. The maximum atomic E-state index is 5.43. The van der Waals surface area contributed by atoms with Crippen molar-refractivity contribution in [2.45, 2.75) is 13.0 Å². The third-order valence-electron chi connectivity index (χ3n) is 3.36. The molecule has 0 spiro atoms. The number of halogens is 1. The van der Waals surface area contributed by atoms with E-state index >= 15 is 0 Å². The van der Waals surface area contributed by atoms with Crippen molar-refractivity contribution in [1.82, 2.24) is 15.1 Å². The highest BCUT2D eigenvalue weighted by Crippen LogP contribution is 2.33. The molecular formula is C15H20BrN3O2. The molecule has 21 heavy (non-hydrogen) atoms. The van der Waals surface area contributed by atoms with E-state index in [1.807, 2.05) is 23.9 Å². The van der Waals surface area contributed by atoms with Gasteiger partial charge in [-0.25, -0.2) is 0 Å². The molecule has 1 unspecified atom stereocenters. The average Bonchev–Trinajstić information content (AvgIpc) is 2.85. The summed E-state index contributed by atoms with van der Waals surface area (Å²) in [5.41, 5.74) is 2.11.